The number of para-hydroxylation sites is 1. The maximum atomic E-state index is 12.8. The maximum Gasteiger partial charge on any atom is 0.261 e. The number of ether oxygens (including phenoxy) is 1. The monoisotopic (exact) mass is 476 g/mol. The molecule has 6 heteroatoms. The van der Waals surface area contributed by atoms with E-state index < -0.39 is 0 Å². The van der Waals surface area contributed by atoms with Crippen LogP contribution in [0.15, 0.2) is 46.9 Å². The number of anilines is 1. The number of hydrogen-bond donors (Lipinski definition) is 2. The Labute approximate surface area is 187 Å². The maximum absolute atomic E-state index is 12.8. The van der Waals surface area contributed by atoms with Crippen LogP contribution in [0.5, 0.6) is 5.75 Å². The Balaban J connectivity index is 2.04. The van der Waals surface area contributed by atoms with Crippen LogP contribution in [0.4, 0.5) is 5.69 Å². The van der Waals surface area contributed by atoms with Gasteiger partial charge in [-0.05, 0) is 54.4 Å². The standard InChI is InChI=1S/C23H29BrN2O2S/c1-4-5-6-9-14-28-21-13-12-17(24)15-19(21)22(27)26-23(29)25-20-11-8-7-10-18(20)16(2)3/h7-8,10-13,15-16H,4-6,9,14H2,1-3H3,(H2,25,26,27,29). The molecule has 29 heavy (non-hydrogen) atoms. The summed E-state index contributed by atoms with van der Waals surface area (Å²) in [6.45, 7) is 7.00. The fourth-order valence-corrected chi connectivity index (χ4v) is 3.52. The van der Waals surface area contributed by atoms with Gasteiger partial charge in [-0.2, -0.15) is 0 Å². The van der Waals surface area contributed by atoms with Gasteiger partial charge in [-0.15, -0.1) is 0 Å². The SMILES string of the molecule is CCCCCCOc1ccc(Br)cc1C(=O)NC(=S)Nc1ccccc1C(C)C. The Morgan fingerprint density at radius 1 is 1.14 bits per heavy atom. The molecule has 156 valence electrons. The number of carbonyl (C=O) groups is 1. The number of unbranched alkanes of at least 4 members (excludes halogenated alkanes) is 3. The van der Waals surface area contributed by atoms with E-state index in [1.165, 1.54) is 12.8 Å². The van der Waals surface area contributed by atoms with E-state index in [9.17, 15) is 4.79 Å². The molecule has 0 radical (unpaired) electrons. The van der Waals surface area contributed by atoms with Gasteiger partial charge in [0.15, 0.2) is 5.11 Å². The van der Waals surface area contributed by atoms with E-state index in [4.69, 9.17) is 17.0 Å². The molecule has 1 amide bonds. The van der Waals surface area contributed by atoms with Gasteiger partial charge in [0.1, 0.15) is 5.75 Å². The molecule has 0 aliphatic carbocycles. The normalized spacial score (nSPS) is 10.7. The summed E-state index contributed by atoms with van der Waals surface area (Å²) >= 11 is 8.80. The minimum absolute atomic E-state index is 0.261. The lowest BCUT2D eigenvalue weighted by Gasteiger charge is -2.16. The molecule has 2 aromatic rings. The Kier molecular flexibility index (Phi) is 9.61. The summed E-state index contributed by atoms with van der Waals surface area (Å²) in [6.07, 6.45) is 4.46. The predicted octanol–water partition coefficient (Wildman–Crippen LogP) is 6.66. The number of thiocarbonyl (C=S) groups is 1. The van der Waals surface area contributed by atoms with E-state index in [-0.39, 0.29) is 11.0 Å². The molecule has 0 aromatic heterocycles. The summed E-state index contributed by atoms with van der Waals surface area (Å²) in [5, 5.41) is 6.17. The van der Waals surface area contributed by atoms with Crippen molar-refractivity contribution < 1.29 is 9.53 Å². The van der Waals surface area contributed by atoms with Crippen LogP contribution in [0.3, 0.4) is 0 Å². The number of benzene rings is 2. The Morgan fingerprint density at radius 2 is 1.90 bits per heavy atom. The summed E-state index contributed by atoms with van der Waals surface area (Å²) in [5.74, 6) is 0.608. The zero-order valence-electron chi connectivity index (χ0n) is 17.3. The molecule has 2 aromatic carbocycles. The molecule has 0 aliphatic rings. The highest BCUT2D eigenvalue weighted by atomic mass is 79.9. The van der Waals surface area contributed by atoms with Crippen LogP contribution in [-0.4, -0.2) is 17.6 Å². The predicted molar refractivity (Wildman–Crippen MR) is 128 cm³/mol. The van der Waals surface area contributed by atoms with Crippen molar-refractivity contribution in [2.45, 2.75) is 52.4 Å². The van der Waals surface area contributed by atoms with Gasteiger partial charge in [-0.1, -0.05) is 74.2 Å². The summed E-state index contributed by atoms with van der Waals surface area (Å²) in [6, 6.07) is 13.4. The number of amides is 1. The number of halogens is 1. The summed E-state index contributed by atoms with van der Waals surface area (Å²) < 4.78 is 6.68. The molecule has 0 spiro atoms. The second kappa shape index (κ2) is 11.9. The van der Waals surface area contributed by atoms with Crippen LogP contribution in [0.2, 0.25) is 0 Å². The van der Waals surface area contributed by atoms with E-state index in [0.29, 0.717) is 23.8 Å². The van der Waals surface area contributed by atoms with Crippen molar-refractivity contribution in [3.05, 3.63) is 58.1 Å². The van der Waals surface area contributed by atoms with Gasteiger partial charge in [0, 0.05) is 10.2 Å². The van der Waals surface area contributed by atoms with Crippen LogP contribution in [0, 0.1) is 0 Å². The highest BCUT2D eigenvalue weighted by Crippen LogP contribution is 2.25. The van der Waals surface area contributed by atoms with E-state index in [0.717, 1.165) is 28.6 Å². The van der Waals surface area contributed by atoms with Crippen LogP contribution < -0.4 is 15.4 Å². The first kappa shape index (κ1) is 23.4. The van der Waals surface area contributed by atoms with Gasteiger partial charge in [0.2, 0.25) is 0 Å². The van der Waals surface area contributed by atoms with Gasteiger partial charge in [-0.25, -0.2) is 0 Å². The van der Waals surface area contributed by atoms with E-state index in [1.807, 2.05) is 30.3 Å². The fraction of sp³-hybridized carbons (Fsp3) is 0.391. The minimum atomic E-state index is -0.297. The molecule has 4 nitrogen and oxygen atoms in total. The summed E-state index contributed by atoms with van der Waals surface area (Å²) in [5.41, 5.74) is 2.49. The largest absolute Gasteiger partial charge is 0.493 e. The van der Waals surface area contributed by atoms with Crippen molar-refractivity contribution in [3.8, 4) is 5.75 Å². The molecule has 0 unspecified atom stereocenters. The Hall–Kier alpha value is -1.92. The van der Waals surface area contributed by atoms with Gasteiger partial charge in [0.25, 0.3) is 5.91 Å². The van der Waals surface area contributed by atoms with Crippen molar-refractivity contribution in [2.75, 3.05) is 11.9 Å². The third kappa shape index (κ3) is 7.44. The third-order valence-electron chi connectivity index (χ3n) is 4.50. The average molecular weight is 477 g/mol. The lowest BCUT2D eigenvalue weighted by Crippen LogP contribution is -2.34. The first-order chi connectivity index (χ1) is 13.9. The average Bonchev–Trinajstić information content (AvgIpc) is 2.68. The molecule has 0 heterocycles. The third-order valence-corrected chi connectivity index (χ3v) is 5.20. The van der Waals surface area contributed by atoms with Gasteiger partial charge in [-0.3, -0.25) is 10.1 Å². The highest BCUT2D eigenvalue weighted by molar-refractivity contribution is 9.10. The molecule has 2 rings (SSSR count). The zero-order valence-corrected chi connectivity index (χ0v) is 19.7. The molecule has 0 bridgehead atoms. The first-order valence-electron chi connectivity index (χ1n) is 10.1. The highest BCUT2D eigenvalue weighted by Gasteiger charge is 2.16. The Morgan fingerprint density at radius 3 is 2.62 bits per heavy atom. The molecule has 0 saturated carbocycles. The molecular weight excluding hydrogens is 448 g/mol. The lowest BCUT2D eigenvalue weighted by atomic mass is 10.0. The Bertz CT molecular complexity index is 839. The number of nitrogens with one attached hydrogen (secondary N) is 2. The minimum Gasteiger partial charge on any atom is -0.493 e. The van der Waals surface area contributed by atoms with Crippen molar-refractivity contribution in [1.82, 2.24) is 5.32 Å². The second-order valence-electron chi connectivity index (χ2n) is 7.20. The topological polar surface area (TPSA) is 50.4 Å². The van der Waals surface area contributed by atoms with E-state index >= 15 is 0 Å². The van der Waals surface area contributed by atoms with E-state index in [1.54, 1.807) is 6.07 Å². The number of rotatable bonds is 9. The van der Waals surface area contributed by atoms with Crippen LogP contribution in [0.25, 0.3) is 0 Å². The molecule has 0 saturated heterocycles. The van der Waals surface area contributed by atoms with Crippen molar-refractivity contribution in [3.63, 3.8) is 0 Å². The number of carbonyl (C=O) groups excluding carboxylic acids is 1. The quantitative estimate of drug-likeness (QED) is 0.313. The van der Waals surface area contributed by atoms with Gasteiger partial charge >= 0.3 is 0 Å². The fourth-order valence-electron chi connectivity index (χ4n) is 2.95. The van der Waals surface area contributed by atoms with Crippen molar-refractivity contribution >= 4 is 44.9 Å². The van der Waals surface area contributed by atoms with Gasteiger partial charge in [0.05, 0.1) is 12.2 Å². The molecule has 0 aliphatic heterocycles. The van der Waals surface area contributed by atoms with Crippen LogP contribution in [0.1, 0.15) is 68.3 Å². The zero-order chi connectivity index (χ0) is 21.2. The molecule has 2 N–H and O–H groups in total. The first-order valence-corrected chi connectivity index (χ1v) is 11.3. The number of hydrogen-bond acceptors (Lipinski definition) is 3. The molecular formula is C23H29BrN2O2S. The summed E-state index contributed by atoms with van der Waals surface area (Å²) in [4.78, 5) is 12.8. The summed E-state index contributed by atoms with van der Waals surface area (Å²) in [7, 11) is 0. The van der Waals surface area contributed by atoms with Crippen molar-refractivity contribution in [2.24, 2.45) is 0 Å². The van der Waals surface area contributed by atoms with Gasteiger partial charge < -0.3 is 10.1 Å². The van der Waals surface area contributed by atoms with E-state index in [2.05, 4.69) is 53.4 Å². The second-order valence-corrected chi connectivity index (χ2v) is 8.52. The molecule has 0 fully saturated rings. The van der Waals surface area contributed by atoms with Crippen LogP contribution in [-0.2, 0) is 0 Å². The smallest absolute Gasteiger partial charge is 0.261 e. The van der Waals surface area contributed by atoms with Crippen molar-refractivity contribution in [1.29, 1.82) is 0 Å². The molecule has 0 atom stereocenters. The van der Waals surface area contributed by atoms with Crippen LogP contribution >= 0.6 is 28.1 Å². The lowest BCUT2D eigenvalue weighted by molar-refractivity contribution is 0.0973.